The molecular formula is C24H54NO4P. The molecule has 0 saturated carbocycles. The van der Waals surface area contributed by atoms with Gasteiger partial charge < -0.3 is 15.1 Å². The average molecular weight is 452 g/mol. The second-order valence-corrected chi connectivity index (χ2v) is 9.62. The second kappa shape index (κ2) is 27.1. The summed E-state index contributed by atoms with van der Waals surface area (Å²) >= 11 is 0. The minimum atomic E-state index is -4.23. The number of phosphoric ester groups is 1. The molecule has 0 unspecified atom stereocenters. The number of nitrogens with one attached hydrogen (secondary N) is 1. The molecule has 184 valence electrons. The first-order chi connectivity index (χ1) is 14.5. The van der Waals surface area contributed by atoms with Gasteiger partial charge in [-0.05, 0) is 32.4 Å². The van der Waals surface area contributed by atoms with Crippen LogP contribution in [-0.4, -0.2) is 29.5 Å². The quantitative estimate of drug-likeness (QED) is 0.116. The third kappa shape index (κ3) is 35.5. The Bertz CT molecular complexity index is 336. The summed E-state index contributed by atoms with van der Waals surface area (Å²) < 4.78 is 14.5. The lowest BCUT2D eigenvalue weighted by atomic mass is 10.1. The van der Waals surface area contributed by atoms with Gasteiger partial charge in [0.1, 0.15) is 0 Å². The van der Waals surface area contributed by atoms with Crippen LogP contribution in [0.25, 0.3) is 0 Å². The minimum absolute atomic E-state index is 0.163. The van der Waals surface area contributed by atoms with Crippen molar-refractivity contribution >= 4 is 7.82 Å². The Morgan fingerprint density at radius 3 is 1.27 bits per heavy atom. The Hall–Kier alpha value is 0.0700. The Labute approximate surface area is 188 Å². The van der Waals surface area contributed by atoms with Gasteiger partial charge in [0.15, 0.2) is 0 Å². The van der Waals surface area contributed by atoms with Crippen molar-refractivity contribution in [3.8, 4) is 0 Å². The first-order valence-electron chi connectivity index (χ1n) is 12.9. The van der Waals surface area contributed by atoms with Gasteiger partial charge in [-0.15, -0.1) is 0 Å². The molecule has 0 spiro atoms. The molecule has 0 aliphatic carbocycles. The molecule has 0 aromatic carbocycles. The zero-order valence-corrected chi connectivity index (χ0v) is 21.4. The number of hydrogen-bond donors (Lipinski definition) is 3. The van der Waals surface area contributed by atoms with Crippen LogP contribution in [0.3, 0.4) is 0 Å². The van der Waals surface area contributed by atoms with Crippen LogP contribution >= 0.6 is 7.82 Å². The normalized spacial score (nSPS) is 11.4. The summed E-state index contributed by atoms with van der Waals surface area (Å²) in [6, 6.07) is 0. The Morgan fingerprint density at radius 2 is 0.900 bits per heavy atom. The first-order valence-corrected chi connectivity index (χ1v) is 14.4. The van der Waals surface area contributed by atoms with E-state index >= 15 is 0 Å². The van der Waals surface area contributed by atoms with Crippen molar-refractivity contribution in [3.63, 3.8) is 0 Å². The van der Waals surface area contributed by atoms with Crippen molar-refractivity contribution in [2.75, 3.05) is 19.7 Å². The fourth-order valence-electron chi connectivity index (χ4n) is 3.25. The molecule has 0 fully saturated rings. The van der Waals surface area contributed by atoms with E-state index in [0.717, 1.165) is 19.3 Å². The molecule has 0 atom stereocenters. The molecule has 5 nitrogen and oxygen atoms in total. The van der Waals surface area contributed by atoms with Crippen LogP contribution in [-0.2, 0) is 9.09 Å². The van der Waals surface area contributed by atoms with Gasteiger partial charge in [0.25, 0.3) is 0 Å². The second-order valence-electron chi connectivity index (χ2n) is 8.38. The summed E-state index contributed by atoms with van der Waals surface area (Å²) in [6.45, 7) is 9.35. The molecule has 0 aliphatic rings. The Kier molecular flexibility index (Phi) is 29.1. The van der Waals surface area contributed by atoms with E-state index in [1.807, 2.05) is 0 Å². The van der Waals surface area contributed by atoms with Gasteiger partial charge in [-0.2, -0.15) is 0 Å². The zero-order chi connectivity index (χ0) is 22.8. The number of hydrogen-bond acceptors (Lipinski definition) is 3. The van der Waals surface area contributed by atoms with Crippen molar-refractivity contribution in [1.29, 1.82) is 0 Å². The number of phosphoric acid groups is 1. The number of unbranched alkanes of at least 4 members (excludes halogenated alkanes) is 15. The Morgan fingerprint density at radius 1 is 0.567 bits per heavy atom. The van der Waals surface area contributed by atoms with Crippen molar-refractivity contribution in [1.82, 2.24) is 5.32 Å². The maximum absolute atomic E-state index is 10.2. The molecule has 0 rings (SSSR count). The maximum Gasteiger partial charge on any atom is 0.469 e. The predicted octanol–water partition coefficient (Wildman–Crippen LogP) is 7.75. The summed E-state index contributed by atoms with van der Waals surface area (Å²) in [5, 5.41) is 3.57. The monoisotopic (exact) mass is 451 g/mol. The van der Waals surface area contributed by atoms with E-state index in [2.05, 4.69) is 30.6 Å². The molecule has 0 radical (unpaired) electrons. The van der Waals surface area contributed by atoms with E-state index in [0.29, 0.717) is 0 Å². The maximum atomic E-state index is 10.2. The third-order valence-corrected chi connectivity index (χ3v) is 5.69. The summed E-state index contributed by atoms with van der Waals surface area (Å²) in [7, 11) is -4.23. The lowest BCUT2D eigenvalue weighted by Crippen LogP contribution is -2.16. The molecule has 30 heavy (non-hydrogen) atoms. The average Bonchev–Trinajstić information content (AvgIpc) is 2.70. The summed E-state index contributed by atoms with van der Waals surface area (Å²) in [4.78, 5) is 16.7. The van der Waals surface area contributed by atoms with E-state index in [9.17, 15) is 4.57 Å². The van der Waals surface area contributed by atoms with Gasteiger partial charge in [-0.25, -0.2) is 4.57 Å². The summed E-state index contributed by atoms with van der Waals surface area (Å²) in [5.74, 6) is 0. The van der Waals surface area contributed by atoms with Crippen LogP contribution in [0.1, 0.15) is 136 Å². The van der Waals surface area contributed by atoms with Gasteiger partial charge in [0, 0.05) is 0 Å². The lowest BCUT2D eigenvalue weighted by Gasteiger charge is -2.04. The highest BCUT2D eigenvalue weighted by molar-refractivity contribution is 7.46. The molecule has 6 heteroatoms. The van der Waals surface area contributed by atoms with Gasteiger partial charge >= 0.3 is 7.82 Å². The predicted molar refractivity (Wildman–Crippen MR) is 131 cm³/mol. The lowest BCUT2D eigenvalue weighted by molar-refractivity contribution is 0.193. The van der Waals surface area contributed by atoms with Gasteiger partial charge in [-0.1, -0.05) is 117 Å². The topological polar surface area (TPSA) is 78.8 Å². The summed E-state index contributed by atoms with van der Waals surface area (Å²) in [6.07, 6.45) is 23.4. The van der Waals surface area contributed by atoms with Crippen molar-refractivity contribution in [2.45, 2.75) is 136 Å². The molecule has 0 bridgehead atoms. The van der Waals surface area contributed by atoms with Gasteiger partial charge in [-0.3, -0.25) is 4.52 Å². The van der Waals surface area contributed by atoms with Crippen LogP contribution in [0.5, 0.6) is 0 Å². The highest BCUT2D eigenvalue weighted by atomic mass is 31.2. The molecule has 0 aromatic heterocycles. The zero-order valence-electron chi connectivity index (χ0n) is 20.5. The molecule has 0 heterocycles. The molecule has 3 N–H and O–H groups in total. The Balaban J connectivity index is 0. The third-order valence-electron chi connectivity index (χ3n) is 5.17. The molecule has 0 aromatic rings. The fourth-order valence-corrected chi connectivity index (χ4v) is 3.62. The highest BCUT2D eigenvalue weighted by Crippen LogP contribution is 2.35. The molecule has 0 aliphatic heterocycles. The van der Waals surface area contributed by atoms with E-state index < -0.39 is 7.82 Å². The van der Waals surface area contributed by atoms with E-state index in [4.69, 9.17) is 9.79 Å². The molecular weight excluding hydrogens is 397 g/mol. The van der Waals surface area contributed by atoms with Crippen LogP contribution < -0.4 is 5.32 Å². The van der Waals surface area contributed by atoms with Crippen molar-refractivity contribution in [2.24, 2.45) is 0 Å². The van der Waals surface area contributed by atoms with E-state index in [1.54, 1.807) is 0 Å². The number of rotatable bonds is 22. The SMILES string of the molecule is CCCCCCCCNCCCCCCCC.CCCCCCCCOP(=O)(O)O. The van der Waals surface area contributed by atoms with Gasteiger partial charge in [0.05, 0.1) is 6.61 Å². The van der Waals surface area contributed by atoms with E-state index in [1.165, 1.54) is 109 Å². The van der Waals surface area contributed by atoms with Crippen LogP contribution in [0.4, 0.5) is 0 Å². The van der Waals surface area contributed by atoms with Crippen LogP contribution in [0, 0.1) is 0 Å². The molecule has 0 amide bonds. The summed E-state index contributed by atoms with van der Waals surface area (Å²) in [5.41, 5.74) is 0. The van der Waals surface area contributed by atoms with E-state index in [-0.39, 0.29) is 6.61 Å². The van der Waals surface area contributed by atoms with Crippen LogP contribution in [0.2, 0.25) is 0 Å². The van der Waals surface area contributed by atoms with Crippen molar-refractivity contribution < 1.29 is 18.9 Å². The minimum Gasteiger partial charge on any atom is -0.317 e. The van der Waals surface area contributed by atoms with Crippen molar-refractivity contribution in [3.05, 3.63) is 0 Å². The van der Waals surface area contributed by atoms with Crippen LogP contribution in [0.15, 0.2) is 0 Å². The van der Waals surface area contributed by atoms with Gasteiger partial charge in [0.2, 0.25) is 0 Å². The standard InChI is InChI=1S/C16H35N.C8H19O4P/c1-3-5-7-9-11-13-15-17-16-14-12-10-8-6-4-2;1-2-3-4-5-6-7-8-12-13(9,10)11/h17H,3-16H2,1-2H3;2-8H2,1H3,(H2,9,10,11). The fraction of sp³-hybridized carbons (Fsp3) is 1.00. The largest absolute Gasteiger partial charge is 0.469 e. The first kappa shape index (κ1) is 32.3. The molecule has 0 saturated heterocycles. The smallest absolute Gasteiger partial charge is 0.317 e. The highest BCUT2D eigenvalue weighted by Gasteiger charge is 2.12.